The van der Waals surface area contributed by atoms with Crippen LogP contribution in [0.4, 0.5) is 4.39 Å². The Morgan fingerprint density at radius 2 is 1.60 bits per heavy atom. The van der Waals surface area contributed by atoms with Gasteiger partial charge in [-0.1, -0.05) is 12.1 Å². The van der Waals surface area contributed by atoms with Crippen LogP contribution < -0.4 is 11.1 Å². The maximum Gasteiger partial charge on any atom is 0.252 e. The summed E-state index contributed by atoms with van der Waals surface area (Å²) in [5.41, 5.74) is 6.90. The third-order valence-corrected chi connectivity index (χ3v) is 3.61. The summed E-state index contributed by atoms with van der Waals surface area (Å²) in [5, 5.41) is 9.98. The number of carbonyl (C=O) groups is 2. The fourth-order valence-electron chi connectivity index (χ4n) is 2.31. The van der Waals surface area contributed by atoms with Crippen molar-refractivity contribution >= 4 is 11.8 Å². The molecule has 25 heavy (non-hydrogen) atoms. The molecule has 8 heteroatoms. The summed E-state index contributed by atoms with van der Waals surface area (Å²) in [7, 11) is 0. The van der Waals surface area contributed by atoms with Crippen LogP contribution >= 0.6 is 0 Å². The minimum atomic E-state index is -1.05. The molecule has 2 aromatic carbocycles. The first-order valence-corrected chi connectivity index (χ1v) is 7.35. The van der Waals surface area contributed by atoms with Crippen molar-refractivity contribution in [1.29, 1.82) is 0 Å². The number of aromatic nitrogens is 3. The Morgan fingerprint density at radius 1 is 1.00 bits per heavy atom. The van der Waals surface area contributed by atoms with E-state index in [9.17, 15) is 14.0 Å². The second-order valence-electron chi connectivity index (χ2n) is 5.28. The van der Waals surface area contributed by atoms with Crippen LogP contribution in [0.2, 0.25) is 0 Å². The molecule has 0 unspecified atom stereocenters. The van der Waals surface area contributed by atoms with Crippen molar-refractivity contribution in [3.8, 4) is 5.69 Å². The molecule has 0 aliphatic carbocycles. The molecule has 0 bridgehead atoms. The summed E-state index contributed by atoms with van der Waals surface area (Å²) < 4.78 is 14.7. The smallest absolute Gasteiger partial charge is 0.252 e. The predicted octanol–water partition coefficient (Wildman–Crippen LogP) is 1.36. The molecule has 1 aromatic heterocycles. The summed E-state index contributed by atoms with van der Waals surface area (Å²) >= 11 is 0. The van der Waals surface area contributed by atoms with Gasteiger partial charge in [0.1, 0.15) is 24.5 Å². The lowest BCUT2D eigenvalue weighted by molar-refractivity contribution is -0.120. The number of nitrogens with zero attached hydrogens (tertiary/aromatic N) is 3. The summed E-state index contributed by atoms with van der Waals surface area (Å²) in [6, 6.07) is 10.8. The highest BCUT2D eigenvalue weighted by Crippen LogP contribution is 2.15. The summed E-state index contributed by atoms with van der Waals surface area (Å²) in [4.78, 5) is 24.0. The molecule has 0 saturated carbocycles. The molecule has 126 valence electrons. The third kappa shape index (κ3) is 3.69. The molecule has 1 heterocycles. The minimum Gasteiger partial charge on any atom is -0.368 e. The molecule has 2 amide bonds. The van der Waals surface area contributed by atoms with Crippen LogP contribution in [-0.4, -0.2) is 26.6 Å². The molecule has 0 aliphatic heterocycles. The van der Waals surface area contributed by atoms with Gasteiger partial charge in [0, 0.05) is 11.3 Å². The highest BCUT2D eigenvalue weighted by Gasteiger charge is 2.21. The van der Waals surface area contributed by atoms with Gasteiger partial charge >= 0.3 is 0 Å². The second-order valence-corrected chi connectivity index (χ2v) is 5.28. The zero-order chi connectivity index (χ0) is 17.8. The topological polar surface area (TPSA) is 103 Å². The first-order chi connectivity index (χ1) is 12.0. The number of hydrogen-bond acceptors (Lipinski definition) is 4. The molecule has 0 radical (unpaired) electrons. The van der Waals surface area contributed by atoms with Gasteiger partial charge in [0.05, 0.1) is 0 Å². The molecule has 0 saturated heterocycles. The van der Waals surface area contributed by atoms with Crippen LogP contribution in [0.15, 0.2) is 61.2 Å². The lowest BCUT2D eigenvalue weighted by Gasteiger charge is -2.16. The maximum absolute atomic E-state index is 13.0. The van der Waals surface area contributed by atoms with Crippen LogP contribution in [-0.2, 0) is 4.79 Å². The minimum absolute atomic E-state index is 0.352. The molecule has 3 rings (SSSR count). The van der Waals surface area contributed by atoms with Crippen molar-refractivity contribution in [3.05, 3.63) is 78.1 Å². The molecule has 3 N–H and O–H groups in total. The lowest BCUT2D eigenvalue weighted by atomic mass is 10.1. The Bertz CT molecular complexity index is 876. The van der Waals surface area contributed by atoms with Crippen LogP contribution in [0.5, 0.6) is 0 Å². The maximum atomic E-state index is 13.0. The zero-order valence-electron chi connectivity index (χ0n) is 13.0. The number of amides is 2. The monoisotopic (exact) mass is 339 g/mol. The van der Waals surface area contributed by atoms with Crippen molar-refractivity contribution in [1.82, 2.24) is 20.1 Å². The first-order valence-electron chi connectivity index (χ1n) is 7.35. The van der Waals surface area contributed by atoms with Gasteiger partial charge in [0.25, 0.3) is 5.91 Å². The van der Waals surface area contributed by atoms with E-state index in [-0.39, 0.29) is 0 Å². The van der Waals surface area contributed by atoms with Crippen molar-refractivity contribution in [3.63, 3.8) is 0 Å². The van der Waals surface area contributed by atoms with Gasteiger partial charge in [0.2, 0.25) is 5.91 Å². The summed E-state index contributed by atoms with van der Waals surface area (Å²) in [6.07, 6.45) is 3.07. The lowest BCUT2D eigenvalue weighted by Crippen LogP contribution is -2.37. The highest BCUT2D eigenvalue weighted by molar-refractivity contribution is 5.97. The van der Waals surface area contributed by atoms with E-state index in [4.69, 9.17) is 5.73 Å². The Hall–Kier alpha value is -3.55. The number of halogens is 1. The van der Waals surface area contributed by atoms with Gasteiger partial charge < -0.3 is 11.1 Å². The molecular weight excluding hydrogens is 325 g/mol. The van der Waals surface area contributed by atoms with Crippen LogP contribution in [0, 0.1) is 5.82 Å². The number of primary amides is 1. The van der Waals surface area contributed by atoms with Crippen molar-refractivity contribution < 1.29 is 14.0 Å². The van der Waals surface area contributed by atoms with E-state index >= 15 is 0 Å². The predicted molar refractivity (Wildman–Crippen MR) is 87.2 cm³/mol. The van der Waals surface area contributed by atoms with E-state index < -0.39 is 23.7 Å². The Labute approximate surface area is 142 Å². The van der Waals surface area contributed by atoms with Crippen molar-refractivity contribution in [2.24, 2.45) is 5.73 Å². The zero-order valence-corrected chi connectivity index (χ0v) is 13.0. The van der Waals surface area contributed by atoms with Gasteiger partial charge in [-0.25, -0.2) is 4.39 Å². The van der Waals surface area contributed by atoms with E-state index in [2.05, 4.69) is 15.5 Å². The quantitative estimate of drug-likeness (QED) is 0.732. The van der Waals surface area contributed by atoms with Crippen LogP contribution in [0.3, 0.4) is 0 Å². The molecule has 0 aliphatic rings. The number of rotatable bonds is 5. The molecule has 1 atom stereocenters. The molecule has 7 nitrogen and oxygen atoms in total. The first kappa shape index (κ1) is 16.3. The largest absolute Gasteiger partial charge is 0.368 e. The van der Waals surface area contributed by atoms with Gasteiger partial charge in [0.15, 0.2) is 0 Å². The van der Waals surface area contributed by atoms with Gasteiger partial charge in [-0.3, -0.25) is 14.2 Å². The number of hydrogen-bond donors (Lipinski definition) is 2. The number of carbonyl (C=O) groups excluding carboxylic acids is 2. The fraction of sp³-hybridized carbons (Fsp3) is 0.0588. The Kier molecular flexibility index (Phi) is 4.51. The van der Waals surface area contributed by atoms with Gasteiger partial charge in [-0.2, -0.15) is 0 Å². The van der Waals surface area contributed by atoms with Crippen molar-refractivity contribution in [2.45, 2.75) is 6.04 Å². The van der Waals surface area contributed by atoms with E-state index in [1.165, 1.54) is 36.9 Å². The van der Waals surface area contributed by atoms with E-state index in [0.29, 0.717) is 11.1 Å². The summed E-state index contributed by atoms with van der Waals surface area (Å²) in [5.74, 6) is -1.65. The highest BCUT2D eigenvalue weighted by atomic mass is 19.1. The SMILES string of the molecule is NC(=O)[C@@H](NC(=O)c1ccc(-n2cnnc2)cc1)c1ccc(F)cc1. The number of benzene rings is 2. The van der Waals surface area contributed by atoms with Crippen LogP contribution in [0.1, 0.15) is 22.0 Å². The van der Waals surface area contributed by atoms with E-state index in [1.54, 1.807) is 28.8 Å². The van der Waals surface area contributed by atoms with Gasteiger partial charge in [-0.05, 0) is 42.0 Å². The van der Waals surface area contributed by atoms with E-state index in [1.807, 2.05) is 0 Å². The number of nitrogens with two attached hydrogens (primary N) is 1. The van der Waals surface area contributed by atoms with E-state index in [0.717, 1.165) is 5.69 Å². The summed E-state index contributed by atoms with van der Waals surface area (Å²) in [6.45, 7) is 0. The standard InChI is InChI=1S/C17H14FN5O2/c18-13-5-1-11(2-6-13)15(16(19)24)22-17(25)12-3-7-14(8-4-12)23-9-20-21-10-23/h1-10,15H,(H2,19,24)(H,22,25)/t15-/m0/s1. The average molecular weight is 339 g/mol. The average Bonchev–Trinajstić information content (AvgIpc) is 3.15. The molecule has 3 aromatic rings. The van der Waals surface area contributed by atoms with Crippen LogP contribution in [0.25, 0.3) is 5.69 Å². The Morgan fingerprint density at radius 3 is 2.16 bits per heavy atom. The molecule has 0 spiro atoms. The molecule has 0 fully saturated rings. The molecular formula is C17H14FN5O2. The fourth-order valence-corrected chi connectivity index (χ4v) is 2.31. The van der Waals surface area contributed by atoms with Crippen molar-refractivity contribution in [2.75, 3.05) is 0 Å². The number of nitrogens with one attached hydrogen (secondary N) is 1. The van der Waals surface area contributed by atoms with Gasteiger partial charge in [-0.15, -0.1) is 10.2 Å². The second kappa shape index (κ2) is 6.91. The third-order valence-electron chi connectivity index (χ3n) is 3.61. The Balaban J connectivity index is 1.77. The normalized spacial score (nSPS) is 11.7.